The van der Waals surface area contributed by atoms with Crippen molar-refractivity contribution in [2.75, 3.05) is 0 Å². The highest BCUT2D eigenvalue weighted by Crippen LogP contribution is 2.41. The molecule has 21 heavy (non-hydrogen) atoms. The van der Waals surface area contributed by atoms with E-state index >= 15 is 0 Å². The van der Waals surface area contributed by atoms with Crippen LogP contribution in [0.1, 0.15) is 46.4 Å². The van der Waals surface area contributed by atoms with E-state index in [-0.39, 0.29) is 18.0 Å². The normalized spacial score (nSPS) is 20.8. The van der Waals surface area contributed by atoms with Gasteiger partial charge in [-0.1, -0.05) is 17.7 Å². The van der Waals surface area contributed by atoms with Crippen LogP contribution in [-0.2, 0) is 0 Å². The maximum Gasteiger partial charge on any atom is 0.126 e. The molecule has 1 aliphatic rings. The summed E-state index contributed by atoms with van der Waals surface area (Å²) in [6.07, 6.45) is 0.597. The van der Waals surface area contributed by atoms with Gasteiger partial charge in [-0.3, -0.25) is 0 Å². The number of hydrogen-bond acceptors (Lipinski definition) is 2. The highest BCUT2D eigenvalue weighted by molar-refractivity contribution is 5.43. The number of rotatable bonds is 1. The van der Waals surface area contributed by atoms with Gasteiger partial charge in [0, 0.05) is 18.0 Å². The Balaban J connectivity index is 2.02. The molecule has 2 N–H and O–H groups in total. The van der Waals surface area contributed by atoms with E-state index in [1.807, 2.05) is 0 Å². The van der Waals surface area contributed by atoms with E-state index < -0.39 is 0 Å². The predicted octanol–water partition coefficient (Wildman–Crippen LogP) is 4.27. The van der Waals surface area contributed by atoms with Crippen LogP contribution in [0.15, 0.2) is 30.3 Å². The Labute approximate surface area is 124 Å². The van der Waals surface area contributed by atoms with Crippen LogP contribution in [0, 0.1) is 26.6 Å². The van der Waals surface area contributed by atoms with Crippen LogP contribution in [0.5, 0.6) is 5.75 Å². The standard InChI is InChI=1S/C18H20FNO/c1-10-6-11(2)18(12(3)7-10)17-9-15(20)14-8-13(19)4-5-16(14)21-17/h4-8,15,17H,9,20H2,1-3H3/t15-,17?/m0/s1. The molecule has 3 rings (SSSR count). The van der Waals surface area contributed by atoms with Crippen molar-refractivity contribution in [1.82, 2.24) is 0 Å². The Bertz CT molecular complexity index is 673. The van der Waals surface area contributed by atoms with Gasteiger partial charge in [0.1, 0.15) is 17.7 Å². The first kappa shape index (κ1) is 14.1. The highest BCUT2D eigenvalue weighted by Gasteiger charge is 2.29. The second kappa shape index (κ2) is 5.15. The Kier molecular flexibility index (Phi) is 3.46. The number of halogens is 1. The molecule has 110 valence electrons. The molecule has 0 aromatic heterocycles. The minimum absolute atomic E-state index is 0.0708. The zero-order chi connectivity index (χ0) is 15.1. The molecule has 0 fully saturated rings. The molecule has 0 bridgehead atoms. The van der Waals surface area contributed by atoms with Gasteiger partial charge in [0.15, 0.2) is 0 Å². The van der Waals surface area contributed by atoms with Crippen LogP contribution >= 0.6 is 0 Å². The summed E-state index contributed by atoms with van der Waals surface area (Å²) in [4.78, 5) is 0. The van der Waals surface area contributed by atoms with Crippen LogP contribution in [-0.4, -0.2) is 0 Å². The molecule has 1 unspecified atom stereocenters. The smallest absolute Gasteiger partial charge is 0.126 e. The molecule has 0 amide bonds. The lowest BCUT2D eigenvalue weighted by Crippen LogP contribution is -2.25. The molecule has 2 aromatic carbocycles. The summed E-state index contributed by atoms with van der Waals surface area (Å²) < 4.78 is 19.4. The van der Waals surface area contributed by atoms with Crippen molar-refractivity contribution >= 4 is 0 Å². The zero-order valence-electron chi connectivity index (χ0n) is 12.6. The van der Waals surface area contributed by atoms with E-state index in [2.05, 4.69) is 32.9 Å². The first-order chi connectivity index (χ1) is 9.95. The maximum absolute atomic E-state index is 13.3. The van der Waals surface area contributed by atoms with Crippen LogP contribution in [0.25, 0.3) is 0 Å². The van der Waals surface area contributed by atoms with E-state index in [0.717, 1.165) is 5.56 Å². The van der Waals surface area contributed by atoms with Crippen LogP contribution in [0.2, 0.25) is 0 Å². The molecule has 1 heterocycles. The van der Waals surface area contributed by atoms with Crippen molar-refractivity contribution in [3.63, 3.8) is 0 Å². The topological polar surface area (TPSA) is 35.2 Å². The molecule has 1 aliphatic heterocycles. The number of aryl methyl sites for hydroxylation is 3. The molecule has 2 nitrogen and oxygen atoms in total. The second-order valence-corrected chi connectivity index (χ2v) is 5.94. The molecule has 0 spiro atoms. The second-order valence-electron chi connectivity index (χ2n) is 5.94. The van der Waals surface area contributed by atoms with E-state index in [0.29, 0.717) is 12.2 Å². The van der Waals surface area contributed by atoms with Gasteiger partial charge in [-0.2, -0.15) is 0 Å². The van der Waals surface area contributed by atoms with Crippen molar-refractivity contribution in [2.45, 2.75) is 39.3 Å². The fourth-order valence-electron chi connectivity index (χ4n) is 3.35. The van der Waals surface area contributed by atoms with Crippen molar-refractivity contribution < 1.29 is 9.13 Å². The van der Waals surface area contributed by atoms with Gasteiger partial charge in [0.25, 0.3) is 0 Å². The van der Waals surface area contributed by atoms with Crippen molar-refractivity contribution in [3.05, 3.63) is 64.0 Å². The minimum Gasteiger partial charge on any atom is -0.485 e. The van der Waals surface area contributed by atoms with Crippen LogP contribution < -0.4 is 10.5 Å². The van der Waals surface area contributed by atoms with Crippen molar-refractivity contribution in [2.24, 2.45) is 5.73 Å². The Hall–Kier alpha value is -1.87. The van der Waals surface area contributed by atoms with Crippen molar-refractivity contribution in [3.8, 4) is 5.75 Å². The molecular formula is C18H20FNO. The average Bonchev–Trinajstić information content (AvgIpc) is 2.38. The molecule has 3 heteroatoms. The summed E-state index contributed by atoms with van der Waals surface area (Å²) in [6.45, 7) is 6.30. The molecule has 0 saturated heterocycles. The van der Waals surface area contributed by atoms with Gasteiger partial charge in [-0.05, 0) is 55.7 Å². The molecule has 2 aromatic rings. The number of ether oxygens (including phenoxy) is 1. The average molecular weight is 285 g/mol. The Morgan fingerprint density at radius 3 is 2.43 bits per heavy atom. The van der Waals surface area contributed by atoms with Gasteiger partial charge < -0.3 is 10.5 Å². The highest BCUT2D eigenvalue weighted by atomic mass is 19.1. The maximum atomic E-state index is 13.3. The monoisotopic (exact) mass is 285 g/mol. The van der Waals surface area contributed by atoms with E-state index in [1.54, 1.807) is 6.07 Å². The zero-order valence-corrected chi connectivity index (χ0v) is 12.6. The summed E-state index contributed by atoms with van der Waals surface area (Å²) in [5.74, 6) is 0.425. The van der Waals surface area contributed by atoms with Gasteiger partial charge in [0.05, 0.1) is 0 Å². The first-order valence-corrected chi connectivity index (χ1v) is 7.25. The molecule has 0 radical (unpaired) electrons. The fraction of sp³-hybridized carbons (Fsp3) is 0.333. The van der Waals surface area contributed by atoms with E-state index in [9.17, 15) is 4.39 Å². The third-order valence-electron chi connectivity index (χ3n) is 4.17. The molecule has 2 atom stereocenters. The predicted molar refractivity (Wildman–Crippen MR) is 82.0 cm³/mol. The van der Waals surface area contributed by atoms with E-state index in [1.165, 1.54) is 34.4 Å². The summed E-state index contributed by atoms with van der Waals surface area (Å²) >= 11 is 0. The lowest BCUT2D eigenvalue weighted by molar-refractivity contribution is 0.160. The van der Waals surface area contributed by atoms with Gasteiger partial charge in [-0.15, -0.1) is 0 Å². The largest absolute Gasteiger partial charge is 0.485 e. The lowest BCUT2D eigenvalue weighted by atomic mass is 9.88. The summed E-state index contributed by atoms with van der Waals surface area (Å²) in [7, 11) is 0. The summed E-state index contributed by atoms with van der Waals surface area (Å²) in [5, 5.41) is 0. The Morgan fingerprint density at radius 1 is 1.10 bits per heavy atom. The van der Waals surface area contributed by atoms with Gasteiger partial charge in [-0.25, -0.2) is 4.39 Å². The van der Waals surface area contributed by atoms with Gasteiger partial charge >= 0.3 is 0 Å². The number of benzene rings is 2. The quantitative estimate of drug-likeness (QED) is 0.849. The number of nitrogens with two attached hydrogens (primary N) is 1. The van der Waals surface area contributed by atoms with E-state index in [4.69, 9.17) is 10.5 Å². The first-order valence-electron chi connectivity index (χ1n) is 7.25. The Morgan fingerprint density at radius 2 is 1.76 bits per heavy atom. The fourth-order valence-corrected chi connectivity index (χ4v) is 3.35. The minimum atomic E-state index is -0.269. The lowest BCUT2D eigenvalue weighted by Gasteiger charge is -2.32. The van der Waals surface area contributed by atoms with Gasteiger partial charge in [0.2, 0.25) is 0 Å². The molecule has 0 saturated carbocycles. The van der Waals surface area contributed by atoms with Crippen LogP contribution in [0.4, 0.5) is 4.39 Å². The van der Waals surface area contributed by atoms with Crippen molar-refractivity contribution in [1.29, 1.82) is 0 Å². The molecule has 0 aliphatic carbocycles. The summed E-state index contributed by atoms with van der Waals surface area (Å²) in [6, 6.07) is 8.70. The number of hydrogen-bond donors (Lipinski definition) is 1. The molecular weight excluding hydrogens is 265 g/mol. The van der Waals surface area contributed by atoms with Crippen LogP contribution in [0.3, 0.4) is 0 Å². The third kappa shape index (κ3) is 2.54. The number of fused-ring (bicyclic) bond motifs is 1. The third-order valence-corrected chi connectivity index (χ3v) is 4.17. The summed E-state index contributed by atoms with van der Waals surface area (Å²) in [5.41, 5.74) is 11.9. The SMILES string of the molecule is Cc1cc(C)c(C2C[C@H](N)c3cc(F)ccc3O2)c(C)c1.